The molecule has 2 N–H and O–H groups in total. The zero-order chi connectivity index (χ0) is 14.9. The van der Waals surface area contributed by atoms with Gasteiger partial charge in [0.2, 0.25) is 0 Å². The lowest BCUT2D eigenvalue weighted by molar-refractivity contribution is -0.137. The van der Waals surface area contributed by atoms with Crippen molar-refractivity contribution in [2.45, 2.75) is 12.2 Å². The van der Waals surface area contributed by atoms with Crippen LogP contribution in [0.2, 0.25) is 0 Å². The van der Waals surface area contributed by atoms with Crippen LogP contribution in [0, 0.1) is 0 Å². The van der Waals surface area contributed by atoms with E-state index in [-0.39, 0.29) is 0 Å². The van der Waals surface area contributed by atoms with Gasteiger partial charge in [0.25, 0.3) is 0 Å². The van der Waals surface area contributed by atoms with Crippen LogP contribution in [-0.2, 0) is 13.2 Å². The van der Waals surface area contributed by atoms with E-state index in [9.17, 15) is 13.2 Å². The Bertz CT molecular complexity index is 590. The summed E-state index contributed by atoms with van der Waals surface area (Å²) in [5, 5.41) is 4.02. The fourth-order valence-electron chi connectivity index (χ4n) is 1.98. The van der Waals surface area contributed by atoms with Crippen molar-refractivity contribution in [1.29, 1.82) is 0 Å². The zero-order valence-electron chi connectivity index (χ0n) is 11.0. The average Bonchev–Trinajstić information content (AvgIpc) is 2.78. The van der Waals surface area contributed by atoms with Gasteiger partial charge in [0, 0.05) is 7.05 Å². The molecule has 0 spiro atoms. The number of aryl methyl sites for hydroxylation is 1. The maximum atomic E-state index is 12.5. The van der Waals surface area contributed by atoms with Gasteiger partial charge in [-0.3, -0.25) is 4.68 Å². The van der Waals surface area contributed by atoms with Crippen molar-refractivity contribution in [1.82, 2.24) is 9.78 Å². The molecular formula is C13H14F3N3O. The van der Waals surface area contributed by atoms with Gasteiger partial charge in [0.15, 0.2) is 5.75 Å². The normalized spacial score (nSPS) is 13.3. The maximum Gasteiger partial charge on any atom is 0.416 e. The summed E-state index contributed by atoms with van der Waals surface area (Å²) in [5.41, 5.74) is 6.53. The van der Waals surface area contributed by atoms with E-state index in [2.05, 4.69) is 5.10 Å². The summed E-state index contributed by atoms with van der Waals surface area (Å²) in [7, 11) is 3.18. The van der Waals surface area contributed by atoms with Gasteiger partial charge >= 0.3 is 6.18 Å². The number of hydrogen-bond acceptors (Lipinski definition) is 3. The van der Waals surface area contributed by atoms with Gasteiger partial charge in [-0.1, -0.05) is 12.1 Å². The molecule has 108 valence electrons. The molecule has 0 saturated carbocycles. The van der Waals surface area contributed by atoms with Crippen LogP contribution in [0.4, 0.5) is 13.2 Å². The summed E-state index contributed by atoms with van der Waals surface area (Å²) < 4.78 is 44.2. The summed E-state index contributed by atoms with van der Waals surface area (Å²) in [6, 6.07) is 4.13. The lowest BCUT2D eigenvalue weighted by Crippen LogP contribution is -2.17. The maximum absolute atomic E-state index is 12.5. The fraction of sp³-hybridized carbons (Fsp3) is 0.308. The van der Waals surface area contributed by atoms with Crippen molar-refractivity contribution in [3.8, 4) is 5.75 Å². The number of methoxy groups -OCH3 is 1. The van der Waals surface area contributed by atoms with Crippen molar-refractivity contribution in [2.24, 2.45) is 12.8 Å². The van der Waals surface area contributed by atoms with Crippen LogP contribution in [0.25, 0.3) is 0 Å². The second kappa shape index (κ2) is 5.16. The predicted octanol–water partition coefficient (Wildman–Crippen LogP) is 2.50. The third kappa shape index (κ3) is 2.62. The predicted molar refractivity (Wildman–Crippen MR) is 67.2 cm³/mol. The lowest BCUT2D eigenvalue weighted by atomic mass is 10.0. The molecule has 4 nitrogen and oxygen atoms in total. The Balaban J connectivity index is 2.34. The molecule has 0 aliphatic rings. The molecule has 0 bridgehead atoms. The molecule has 0 amide bonds. The first-order chi connectivity index (χ1) is 9.34. The van der Waals surface area contributed by atoms with E-state index in [1.807, 2.05) is 0 Å². The molecule has 1 aromatic heterocycles. The quantitative estimate of drug-likeness (QED) is 0.942. The van der Waals surface area contributed by atoms with Gasteiger partial charge in [-0.15, -0.1) is 0 Å². The highest BCUT2D eigenvalue weighted by atomic mass is 19.4. The summed E-state index contributed by atoms with van der Waals surface area (Å²) in [6.07, 6.45) is -2.84. The number of rotatable bonds is 3. The van der Waals surface area contributed by atoms with Crippen LogP contribution >= 0.6 is 0 Å². The van der Waals surface area contributed by atoms with Crippen LogP contribution in [0.5, 0.6) is 5.75 Å². The molecule has 1 heterocycles. The number of benzene rings is 1. The van der Waals surface area contributed by atoms with Crippen LogP contribution in [0.15, 0.2) is 30.5 Å². The molecule has 7 heteroatoms. The topological polar surface area (TPSA) is 53.1 Å². The number of ether oxygens (including phenoxy) is 1. The summed E-state index contributed by atoms with van der Waals surface area (Å²) in [5.74, 6) is 0.500. The van der Waals surface area contributed by atoms with Gasteiger partial charge in [0.05, 0.1) is 24.9 Å². The second-order valence-electron chi connectivity index (χ2n) is 4.32. The number of halogens is 3. The molecule has 1 atom stereocenters. The lowest BCUT2D eigenvalue weighted by Gasteiger charge is -2.15. The van der Waals surface area contributed by atoms with E-state index in [4.69, 9.17) is 10.5 Å². The molecule has 0 aliphatic heterocycles. The van der Waals surface area contributed by atoms with E-state index in [0.717, 1.165) is 12.1 Å². The largest absolute Gasteiger partial charge is 0.493 e. The summed E-state index contributed by atoms with van der Waals surface area (Å²) >= 11 is 0. The van der Waals surface area contributed by atoms with Gasteiger partial charge in [-0.2, -0.15) is 18.3 Å². The molecule has 1 unspecified atom stereocenters. The minimum atomic E-state index is -4.35. The van der Waals surface area contributed by atoms with Crippen molar-refractivity contribution < 1.29 is 17.9 Å². The Morgan fingerprint density at radius 3 is 2.35 bits per heavy atom. The molecule has 0 fully saturated rings. The van der Waals surface area contributed by atoms with E-state index in [1.165, 1.54) is 25.4 Å². The number of aromatic nitrogens is 2. The van der Waals surface area contributed by atoms with Crippen LogP contribution in [0.3, 0.4) is 0 Å². The minimum Gasteiger partial charge on any atom is -0.493 e. The second-order valence-corrected chi connectivity index (χ2v) is 4.32. The highest BCUT2D eigenvalue weighted by molar-refractivity contribution is 5.37. The van der Waals surface area contributed by atoms with Crippen molar-refractivity contribution >= 4 is 0 Å². The molecular weight excluding hydrogens is 271 g/mol. The van der Waals surface area contributed by atoms with Crippen molar-refractivity contribution in [3.05, 3.63) is 47.3 Å². The van der Waals surface area contributed by atoms with E-state index < -0.39 is 17.8 Å². The van der Waals surface area contributed by atoms with Crippen LogP contribution in [-0.4, -0.2) is 16.9 Å². The smallest absolute Gasteiger partial charge is 0.416 e. The molecule has 2 rings (SSSR count). The standard InChI is InChI=1S/C13H14F3N3O/c1-19-12(10(20-2)7-18-19)11(17)8-3-5-9(6-4-8)13(14,15)16/h3-7,11H,17H2,1-2H3. The van der Waals surface area contributed by atoms with Crippen LogP contribution < -0.4 is 10.5 Å². The summed E-state index contributed by atoms with van der Waals surface area (Å²) in [6.45, 7) is 0. The average molecular weight is 285 g/mol. The van der Waals surface area contributed by atoms with E-state index >= 15 is 0 Å². The fourth-order valence-corrected chi connectivity index (χ4v) is 1.98. The molecule has 2 aromatic rings. The SMILES string of the molecule is COc1cnn(C)c1C(N)c1ccc(C(F)(F)F)cc1. The molecule has 0 saturated heterocycles. The molecule has 0 aliphatic carbocycles. The van der Waals surface area contributed by atoms with Gasteiger partial charge in [-0.25, -0.2) is 0 Å². The Morgan fingerprint density at radius 1 is 1.25 bits per heavy atom. The van der Waals surface area contributed by atoms with E-state index in [0.29, 0.717) is 17.0 Å². The first-order valence-electron chi connectivity index (χ1n) is 5.83. The number of hydrogen-bond donors (Lipinski definition) is 1. The third-order valence-corrected chi connectivity index (χ3v) is 3.06. The number of nitrogens with zero attached hydrogens (tertiary/aromatic N) is 2. The number of alkyl halides is 3. The third-order valence-electron chi connectivity index (χ3n) is 3.06. The Labute approximate surface area is 114 Å². The first-order valence-corrected chi connectivity index (χ1v) is 5.83. The monoisotopic (exact) mass is 285 g/mol. The van der Waals surface area contributed by atoms with Crippen molar-refractivity contribution in [3.63, 3.8) is 0 Å². The Hall–Kier alpha value is -2.02. The Kier molecular flexibility index (Phi) is 3.71. The van der Waals surface area contributed by atoms with Gasteiger partial charge < -0.3 is 10.5 Å². The first kappa shape index (κ1) is 14.4. The molecule has 1 aromatic carbocycles. The minimum absolute atomic E-state index is 0.500. The van der Waals surface area contributed by atoms with Gasteiger partial charge in [0.1, 0.15) is 5.69 Å². The van der Waals surface area contributed by atoms with Gasteiger partial charge in [-0.05, 0) is 17.7 Å². The number of nitrogens with two attached hydrogens (primary N) is 1. The van der Waals surface area contributed by atoms with Crippen LogP contribution in [0.1, 0.15) is 22.9 Å². The zero-order valence-corrected chi connectivity index (χ0v) is 11.0. The Morgan fingerprint density at radius 2 is 1.85 bits per heavy atom. The van der Waals surface area contributed by atoms with E-state index in [1.54, 1.807) is 11.7 Å². The molecule has 20 heavy (non-hydrogen) atoms. The highest BCUT2D eigenvalue weighted by Crippen LogP contribution is 2.32. The van der Waals surface area contributed by atoms with Crippen molar-refractivity contribution in [2.75, 3.05) is 7.11 Å². The molecule has 0 radical (unpaired) electrons. The highest BCUT2D eigenvalue weighted by Gasteiger charge is 2.30. The summed E-state index contributed by atoms with van der Waals surface area (Å²) in [4.78, 5) is 0.